The van der Waals surface area contributed by atoms with Crippen LogP contribution in [0, 0.1) is 0 Å². The van der Waals surface area contributed by atoms with Crippen LogP contribution in [-0.4, -0.2) is 20.6 Å². The van der Waals surface area contributed by atoms with Crippen LogP contribution < -0.4 is 5.48 Å². The average Bonchev–Trinajstić information content (AvgIpc) is 1.90. The van der Waals surface area contributed by atoms with Crippen molar-refractivity contribution in [1.29, 1.82) is 0 Å². The summed E-state index contributed by atoms with van der Waals surface area (Å²) in [5.74, 6) is 0.292. The quantitative estimate of drug-likeness (QED) is 0.487. The van der Waals surface area contributed by atoms with E-state index in [0.29, 0.717) is 5.82 Å². The van der Waals surface area contributed by atoms with Crippen molar-refractivity contribution in [2.45, 2.75) is 0 Å². The molecule has 1 rings (SSSR count). The molecule has 1 aromatic heterocycles. The molecule has 0 saturated heterocycles. The first-order chi connectivity index (χ1) is 3.93. The number of nitrogens with one attached hydrogen (secondary N) is 1. The molecule has 0 aliphatic carbocycles. The van der Waals surface area contributed by atoms with Gasteiger partial charge in [-0.25, -0.2) is 0 Å². The molecule has 0 bridgehead atoms. The van der Waals surface area contributed by atoms with Crippen LogP contribution in [0.3, 0.4) is 0 Å². The van der Waals surface area contributed by atoms with Gasteiger partial charge in [-0.3, -0.25) is 10.7 Å². The summed E-state index contributed by atoms with van der Waals surface area (Å²) < 4.78 is 0. The first-order valence-electron chi connectivity index (χ1n) is 1.98. The molecule has 1 aromatic rings. The van der Waals surface area contributed by atoms with Gasteiger partial charge in [-0.05, 0) is 5.21 Å². The molecule has 0 amide bonds. The van der Waals surface area contributed by atoms with E-state index in [1.807, 2.05) is 5.48 Å². The topological polar surface area (TPSA) is 70.9 Å². The molecular weight excluding hydrogens is 108 g/mol. The Morgan fingerprint density at radius 2 is 2.50 bits per heavy atom. The molecular formula is C3H4N4O. The summed E-state index contributed by atoms with van der Waals surface area (Å²) >= 11 is 0. The number of rotatable bonds is 1. The summed E-state index contributed by atoms with van der Waals surface area (Å²) in [6.45, 7) is 0. The molecule has 5 nitrogen and oxygen atoms in total. The first kappa shape index (κ1) is 4.92. The molecule has 0 radical (unpaired) electrons. The third-order valence-electron chi connectivity index (χ3n) is 0.618. The predicted molar refractivity (Wildman–Crippen MR) is 25.2 cm³/mol. The summed E-state index contributed by atoms with van der Waals surface area (Å²) in [7, 11) is 0. The average molecular weight is 112 g/mol. The summed E-state index contributed by atoms with van der Waals surface area (Å²) in [6, 6.07) is 1.49. The molecule has 8 heavy (non-hydrogen) atoms. The first-order valence-corrected chi connectivity index (χ1v) is 1.98. The molecule has 0 unspecified atom stereocenters. The molecule has 0 spiro atoms. The Balaban J connectivity index is 2.83. The van der Waals surface area contributed by atoms with Crippen LogP contribution in [0.1, 0.15) is 0 Å². The smallest absolute Gasteiger partial charge is 0.175 e. The van der Waals surface area contributed by atoms with Gasteiger partial charge in [0.25, 0.3) is 0 Å². The van der Waals surface area contributed by atoms with Crippen molar-refractivity contribution in [3.63, 3.8) is 0 Å². The normalized spacial score (nSPS) is 8.62. The van der Waals surface area contributed by atoms with Crippen LogP contribution in [0.15, 0.2) is 12.3 Å². The number of hydrogen-bond donors (Lipinski definition) is 2. The molecule has 1 heterocycles. The lowest BCUT2D eigenvalue weighted by atomic mass is 10.6. The van der Waals surface area contributed by atoms with Crippen molar-refractivity contribution >= 4 is 5.82 Å². The van der Waals surface area contributed by atoms with Crippen LogP contribution in [0.4, 0.5) is 5.82 Å². The van der Waals surface area contributed by atoms with E-state index in [9.17, 15) is 0 Å². The van der Waals surface area contributed by atoms with Gasteiger partial charge < -0.3 is 0 Å². The van der Waals surface area contributed by atoms with Gasteiger partial charge in [0.2, 0.25) is 0 Å². The Kier molecular flexibility index (Phi) is 1.34. The summed E-state index contributed by atoms with van der Waals surface area (Å²) in [5.41, 5.74) is 1.81. The van der Waals surface area contributed by atoms with Crippen LogP contribution in [0.25, 0.3) is 0 Å². The Labute approximate surface area is 45.3 Å². The van der Waals surface area contributed by atoms with Gasteiger partial charge in [0.1, 0.15) is 0 Å². The van der Waals surface area contributed by atoms with Gasteiger partial charge >= 0.3 is 0 Å². The van der Waals surface area contributed by atoms with Gasteiger partial charge in [-0.15, -0.1) is 10.2 Å². The lowest BCUT2D eigenvalue weighted by molar-refractivity contribution is 0.384. The van der Waals surface area contributed by atoms with E-state index >= 15 is 0 Å². The van der Waals surface area contributed by atoms with Crippen molar-refractivity contribution in [2.75, 3.05) is 5.48 Å². The van der Waals surface area contributed by atoms with Crippen molar-refractivity contribution in [1.82, 2.24) is 15.4 Å². The van der Waals surface area contributed by atoms with E-state index < -0.39 is 0 Å². The fourth-order valence-corrected chi connectivity index (χ4v) is 0.301. The summed E-state index contributed by atoms with van der Waals surface area (Å²) in [5, 5.41) is 18.1. The predicted octanol–water partition coefficient (Wildman–Crippen LogP) is -0.327. The standard InChI is InChI=1S/C3H4N4O/c8-6-3-1-2-4-7-5-3/h1-2,8H,(H,4,5,6). The Morgan fingerprint density at radius 3 is 2.88 bits per heavy atom. The lowest BCUT2D eigenvalue weighted by Gasteiger charge is -1.89. The molecule has 42 valence electrons. The maximum atomic E-state index is 8.16. The van der Waals surface area contributed by atoms with Crippen LogP contribution in [0.2, 0.25) is 0 Å². The van der Waals surface area contributed by atoms with E-state index in [0.717, 1.165) is 0 Å². The second kappa shape index (κ2) is 2.17. The van der Waals surface area contributed by atoms with Gasteiger partial charge in [0, 0.05) is 6.07 Å². The highest BCUT2D eigenvalue weighted by atomic mass is 16.5. The van der Waals surface area contributed by atoms with Crippen molar-refractivity contribution < 1.29 is 5.21 Å². The van der Waals surface area contributed by atoms with E-state index in [1.54, 1.807) is 0 Å². The van der Waals surface area contributed by atoms with Gasteiger partial charge in [0.05, 0.1) is 6.20 Å². The third kappa shape index (κ3) is 0.881. The molecule has 0 aromatic carbocycles. The zero-order valence-corrected chi connectivity index (χ0v) is 3.94. The minimum atomic E-state index is 0.292. The number of aromatic nitrogens is 3. The molecule has 0 aliphatic rings. The zero-order valence-electron chi connectivity index (χ0n) is 3.94. The van der Waals surface area contributed by atoms with Crippen molar-refractivity contribution in [2.24, 2.45) is 0 Å². The minimum Gasteiger partial charge on any atom is -0.290 e. The largest absolute Gasteiger partial charge is 0.290 e. The Hall–Kier alpha value is -1.23. The molecule has 2 N–H and O–H groups in total. The van der Waals surface area contributed by atoms with Gasteiger partial charge in [-0.2, -0.15) is 0 Å². The van der Waals surface area contributed by atoms with Gasteiger partial charge in [-0.1, -0.05) is 0 Å². The maximum absolute atomic E-state index is 8.16. The fraction of sp³-hybridized carbons (Fsp3) is 0. The summed E-state index contributed by atoms with van der Waals surface area (Å²) in [4.78, 5) is 0. The zero-order chi connectivity index (χ0) is 5.82. The molecule has 0 saturated carbocycles. The van der Waals surface area contributed by atoms with Crippen LogP contribution in [-0.2, 0) is 0 Å². The maximum Gasteiger partial charge on any atom is 0.175 e. The Morgan fingerprint density at radius 1 is 1.62 bits per heavy atom. The summed E-state index contributed by atoms with van der Waals surface area (Å²) in [6.07, 6.45) is 1.42. The number of nitrogens with zero attached hydrogens (tertiary/aromatic N) is 3. The molecule has 5 heteroatoms. The van der Waals surface area contributed by atoms with E-state index in [4.69, 9.17) is 5.21 Å². The number of hydrogen-bond acceptors (Lipinski definition) is 5. The highest BCUT2D eigenvalue weighted by Crippen LogP contribution is 1.90. The van der Waals surface area contributed by atoms with E-state index in [2.05, 4.69) is 15.4 Å². The monoisotopic (exact) mass is 112 g/mol. The van der Waals surface area contributed by atoms with E-state index in [1.165, 1.54) is 12.3 Å². The van der Waals surface area contributed by atoms with E-state index in [-0.39, 0.29) is 0 Å². The number of anilines is 1. The SMILES string of the molecule is ONc1ccnnn1. The highest BCUT2D eigenvalue weighted by Gasteiger charge is 1.83. The molecule has 0 fully saturated rings. The second-order valence-electron chi connectivity index (χ2n) is 1.12. The molecule has 0 atom stereocenters. The van der Waals surface area contributed by atoms with Crippen LogP contribution >= 0.6 is 0 Å². The third-order valence-corrected chi connectivity index (χ3v) is 0.618. The van der Waals surface area contributed by atoms with Crippen LogP contribution in [0.5, 0.6) is 0 Å². The highest BCUT2D eigenvalue weighted by molar-refractivity contribution is 5.25. The minimum absolute atomic E-state index is 0.292. The second-order valence-corrected chi connectivity index (χ2v) is 1.12. The lowest BCUT2D eigenvalue weighted by Crippen LogP contribution is -1.94. The molecule has 0 aliphatic heterocycles. The Bertz CT molecular complexity index is 153. The van der Waals surface area contributed by atoms with Gasteiger partial charge in [0.15, 0.2) is 5.82 Å². The van der Waals surface area contributed by atoms with Crippen molar-refractivity contribution in [3.8, 4) is 0 Å². The van der Waals surface area contributed by atoms with Crippen molar-refractivity contribution in [3.05, 3.63) is 12.3 Å². The fourth-order valence-electron chi connectivity index (χ4n) is 0.301.